The van der Waals surface area contributed by atoms with Crippen LogP contribution in [0.15, 0.2) is 18.2 Å². The van der Waals surface area contributed by atoms with E-state index in [1.54, 1.807) is 0 Å². The summed E-state index contributed by atoms with van der Waals surface area (Å²) in [6.45, 7) is 8.12. The van der Waals surface area contributed by atoms with Crippen LogP contribution < -0.4 is 5.32 Å². The van der Waals surface area contributed by atoms with E-state index in [1.807, 2.05) is 45.9 Å². The first-order valence-electron chi connectivity index (χ1n) is 7.08. The van der Waals surface area contributed by atoms with Gasteiger partial charge in [-0.25, -0.2) is 0 Å². The molecule has 0 aliphatic rings. The van der Waals surface area contributed by atoms with Crippen molar-refractivity contribution in [3.05, 3.63) is 34.9 Å². The van der Waals surface area contributed by atoms with Gasteiger partial charge in [0.15, 0.2) is 0 Å². The topological polar surface area (TPSA) is 69.6 Å². The summed E-state index contributed by atoms with van der Waals surface area (Å²) in [6, 6.07) is 5.17. The minimum Gasteiger partial charge on any atom is -0.480 e. The first-order chi connectivity index (χ1) is 9.36. The Morgan fingerprint density at radius 2 is 1.95 bits per heavy atom. The van der Waals surface area contributed by atoms with Crippen LogP contribution in [-0.4, -0.2) is 28.8 Å². The van der Waals surface area contributed by atoms with Crippen molar-refractivity contribution in [2.75, 3.05) is 6.54 Å². The van der Waals surface area contributed by atoms with E-state index in [2.05, 4.69) is 5.32 Å². The lowest BCUT2D eigenvalue weighted by atomic mass is 9.98. The first-order valence-corrected chi connectivity index (χ1v) is 7.08. The summed E-state index contributed by atoms with van der Waals surface area (Å²) >= 11 is 0. The Morgan fingerprint density at radius 1 is 1.30 bits per heavy atom. The van der Waals surface area contributed by atoms with Gasteiger partial charge in [0.25, 0.3) is 0 Å². The number of aliphatic hydroxyl groups excluding tert-OH is 1. The first kappa shape index (κ1) is 16.7. The number of carboxylic acids is 1. The van der Waals surface area contributed by atoms with Crippen LogP contribution in [0.3, 0.4) is 0 Å². The normalized spacial score (nSPS) is 15.7. The van der Waals surface area contributed by atoms with Gasteiger partial charge in [0.1, 0.15) is 6.04 Å². The van der Waals surface area contributed by atoms with Crippen LogP contribution in [0.5, 0.6) is 0 Å². The van der Waals surface area contributed by atoms with Crippen LogP contribution in [0.2, 0.25) is 0 Å². The Hall–Kier alpha value is -1.39. The predicted molar refractivity (Wildman–Crippen MR) is 79.8 cm³/mol. The molecule has 0 heterocycles. The standard InChI is InChI=1S/C16H25NO3/c1-5-10(2)15(16(19)20)17-9-14(18)13-7-6-11(3)12(4)8-13/h6-8,10,14-15,17-18H,5,9H2,1-4H3,(H,19,20). The van der Waals surface area contributed by atoms with Crippen molar-refractivity contribution >= 4 is 5.97 Å². The molecule has 0 spiro atoms. The van der Waals surface area contributed by atoms with Gasteiger partial charge in [0.2, 0.25) is 0 Å². The second-order valence-electron chi connectivity index (χ2n) is 5.47. The molecule has 0 amide bonds. The summed E-state index contributed by atoms with van der Waals surface area (Å²) in [6.07, 6.45) is 0.0872. The van der Waals surface area contributed by atoms with Crippen LogP contribution in [0.25, 0.3) is 0 Å². The molecule has 3 unspecified atom stereocenters. The monoisotopic (exact) mass is 279 g/mol. The molecule has 20 heavy (non-hydrogen) atoms. The predicted octanol–water partition coefficient (Wildman–Crippen LogP) is 2.43. The van der Waals surface area contributed by atoms with Gasteiger partial charge in [-0.1, -0.05) is 38.5 Å². The average Bonchev–Trinajstić information content (AvgIpc) is 2.41. The Morgan fingerprint density at radius 3 is 2.45 bits per heavy atom. The summed E-state index contributed by atoms with van der Waals surface area (Å²) in [5.74, 6) is -0.842. The molecule has 4 heteroatoms. The van der Waals surface area contributed by atoms with Crippen LogP contribution in [-0.2, 0) is 4.79 Å². The fourth-order valence-electron chi connectivity index (χ4n) is 2.10. The van der Waals surface area contributed by atoms with Crippen molar-refractivity contribution in [3.8, 4) is 0 Å². The molecule has 4 nitrogen and oxygen atoms in total. The summed E-state index contributed by atoms with van der Waals surface area (Å²) in [7, 11) is 0. The maximum Gasteiger partial charge on any atom is 0.320 e. The highest BCUT2D eigenvalue weighted by Crippen LogP contribution is 2.17. The second-order valence-corrected chi connectivity index (χ2v) is 5.47. The number of aliphatic carboxylic acids is 1. The quantitative estimate of drug-likeness (QED) is 0.717. The molecule has 0 bridgehead atoms. The fourth-order valence-corrected chi connectivity index (χ4v) is 2.10. The Balaban J connectivity index is 2.67. The molecule has 3 N–H and O–H groups in total. The van der Waals surface area contributed by atoms with Crippen molar-refractivity contribution in [1.82, 2.24) is 5.32 Å². The van der Waals surface area contributed by atoms with Gasteiger partial charge in [-0.15, -0.1) is 0 Å². The van der Waals surface area contributed by atoms with E-state index in [-0.39, 0.29) is 12.5 Å². The highest BCUT2D eigenvalue weighted by molar-refractivity contribution is 5.73. The smallest absolute Gasteiger partial charge is 0.320 e. The lowest BCUT2D eigenvalue weighted by Crippen LogP contribution is -2.43. The van der Waals surface area contributed by atoms with Gasteiger partial charge in [0, 0.05) is 6.54 Å². The maximum atomic E-state index is 11.2. The zero-order chi connectivity index (χ0) is 15.3. The Kier molecular flexibility index (Phi) is 6.17. The Labute approximate surface area is 120 Å². The molecule has 1 aromatic carbocycles. The van der Waals surface area contributed by atoms with E-state index < -0.39 is 18.1 Å². The van der Waals surface area contributed by atoms with Gasteiger partial charge in [-0.05, 0) is 36.5 Å². The number of aryl methyl sites for hydroxylation is 2. The number of hydrogen-bond acceptors (Lipinski definition) is 3. The van der Waals surface area contributed by atoms with Gasteiger partial charge >= 0.3 is 5.97 Å². The largest absolute Gasteiger partial charge is 0.480 e. The molecule has 0 aliphatic heterocycles. The summed E-state index contributed by atoms with van der Waals surface area (Å²) in [4.78, 5) is 11.2. The third kappa shape index (κ3) is 4.32. The number of carboxylic acid groups (broad SMARTS) is 1. The van der Waals surface area contributed by atoms with Gasteiger partial charge in [-0.2, -0.15) is 0 Å². The zero-order valence-electron chi connectivity index (χ0n) is 12.7. The summed E-state index contributed by atoms with van der Waals surface area (Å²) in [5, 5.41) is 22.3. The zero-order valence-corrected chi connectivity index (χ0v) is 12.7. The highest BCUT2D eigenvalue weighted by atomic mass is 16.4. The molecule has 0 fully saturated rings. The van der Waals surface area contributed by atoms with Crippen LogP contribution in [0, 0.1) is 19.8 Å². The lowest BCUT2D eigenvalue weighted by molar-refractivity contribution is -0.141. The van der Waals surface area contributed by atoms with E-state index in [9.17, 15) is 15.0 Å². The molecule has 3 atom stereocenters. The molecule has 0 saturated carbocycles. The van der Waals surface area contributed by atoms with E-state index >= 15 is 0 Å². The van der Waals surface area contributed by atoms with Crippen LogP contribution >= 0.6 is 0 Å². The van der Waals surface area contributed by atoms with Crippen molar-refractivity contribution in [1.29, 1.82) is 0 Å². The average molecular weight is 279 g/mol. The number of benzene rings is 1. The minimum atomic E-state index is -0.869. The van der Waals surface area contributed by atoms with Crippen molar-refractivity contribution in [2.24, 2.45) is 5.92 Å². The molecule has 0 saturated heterocycles. The molecule has 0 aliphatic carbocycles. The number of aliphatic hydroxyl groups is 1. The summed E-state index contributed by atoms with van der Waals surface area (Å²) < 4.78 is 0. The van der Waals surface area contributed by atoms with E-state index in [4.69, 9.17) is 0 Å². The molecule has 112 valence electrons. The number of hydrogen-bond donors (Lipinski definition) is 3. The number of nitrogens with one attached hydrogen (secondary N) is 1. The maximum absolute atomic E-state index is 11.2. The van der Waals surface area contributed by atoms with E-state index in [0.29, 0.717) is 0 Å². The van der Waals surface area contributed by atoms with Gasteiger partial charge < -0.3 is 15.5 Å². The van der Waals surface area contributed by atoms with Crippen molar-refractivity contribution in [2.45, 2.75) is 46.3 Å². The van der Waals surface area contributed by atoms with Crippen LogP contribution in [0.4, 0.5) is 0 Å². The van der Waals surface area contributed by atoms with Gasteiger partial charge in [-0.3, -0.25) is 4.79 Å². The molecular formula is C16H25NO3. The molecule has 1 aromatic rings. The molecule has 0 radical (unpaired) electrons. The number of rotatable bonds is 7. The Bertz CT molecular complexity index is 459. The third-order valence-electron chi connectivity index (χ3n) is 3.93. The van der Waals surface area contributed by atoms with E-state index in [1.165, 1.54) is 5.56 Å². The fraction of sp³-hybridized carbons (Fsp3) is 0.562. The minimum absolute atomic E-state index is 0.0273. The number of carbonyl (C=O) groups is 1. The van der Waals surface area contributed by atoms with Crippen LogP contribution in [0.1, 0.15) is 43.1 Å². The molecular weight excluding hydrogens is 254 g/mol. The SMILES string of the molecule is CCC(C)C(NCC(O)c1ccc(C)c(C)c1)C(=O)O. The molecule has 1 rings (SSSR count). The van der Waals surface area contributed by atoms with E-state index in [0.717, 1.165) is 17.5 Å². The van der Waals surface area contributed by atoms with Gasteiger partial charge in [0.05, 0.1) is 6.10 Å². The lowest BCUT2D eigenvalue weighted by Gasteiger charge is -2.22. The second kappa shape index (κ2) is 7.41. The van der Waals surface area contributed by atoms with Crippen molar-refractivity contribution in [3.63, 3.8) is 0 Å². The highest BCUT2D eigenvalue weighted by Gasteiger charge is 2.23. The van der Waals surface area contributed by atoms with Crippen molar-refractivity contribution < 1.29 is 15.0 Å². The molecule has 0 aromatic heterocycles. The third-order valence-corrected chi connectivity index (χ3v) is 3.93. The summed E-state index contributed by atoms with van der Waals surface area (Å²) in [5.41, 5.74) is 3.11.